The number of hydrogen-bond donors (Lipinski definition) is 1. The van der Waals surface area contributed by atoms with Crippen molar-refractivity contribution in [1.29, 1.82) is 0 Å². The molecule has 0 saturated carbocycles. The minimum Gasteiger partial charge on any atom is -0.455 e. The second-order valence-electron chi connectivity index (χ2n) is 8.36. The Morgan fingerprint density at radius 2 is 1.44 bits per heavy atom. The largest absolute Gasteiger partial charge is 0.455 e. The highest BCUT2D eigenvalue weighted by Crippen LogP contribution is 2.33. The van der Waals surface area contributed by atoms with Crippen LogP contribution in [0.2, 0.25) is 0 Å². The van der Waals surface area contributed by atoms with Crippen LogP contribution in [0.5, 0.6) is 0 Å². The molecule has 0 aliphatic heterocycles. The third kappa shape index (κ3) is 4.70. The number of hydrogen-bond acceptors (Lipinski definition) is 2. The molecule has 0 unspecified atom stereocenters. The van der Waals surface area contributed by atoms with Crippen molar-refractivity contribution in [2.45, 2.75) is 45.6 Å². The normalized spacial score (nSPS) is 11.8. The molecule has 0 atom stereocenters. The Morgan fingerprint density at radius 3 is 2.00 bits per heavy atom. The summed E-state index contributed by atoms with van der Waals surface area (Å²) in [6, 6.07) is 20.3. The molecule has 2 nitrogen and oxygen atoms in total. The Kier molecular flexibility index (Phi) is 5.00. The third-order valence-corrected chi connectivity index (χ3v) is 4.31. The van der Waals surface area contributed by atoms with Crippen molar-refractivity contribution < 1.29 is 9.52 Å². The summed E-state index contributed by atoms with van der Waals surface area (Å²) in [6.45, 7) is 9.94. The highest BCUT2D eigenvalue weighted by Gasteiger charge is 2.17. The van der Waals surface area contributed by atoms with Gasteiger partial charge >= 0.3 is 0 Å². The minimum absolute atomic E-state index is 0.0977. The van der Waals surface area contributed by atoms with Crippen molar-refractivity contribution >= 4 is 0 Å². The first-order valence-corrected chi connectivity index (χ1v) is 9.19. The molecule has 0 saturated heterocycles. The Labute approximate surface area is 161 Å². The first-order valence-electron chi connectivity index (χ1n) is 9.19. The molecule has 2 aromatic carbocycles. The van der Waals surface area contributed by atoms with Crippen LogP contribution in [0.25, 0.3) is 22.6 Å². The average molecular weight is 358 g/mol. The predicted octanol–water partition coefficient (Wildman–Crippen LogP) is 6.03. The molecule has 0 fully saturated rings. The molecule has 1 heterocycles. The van der Waals surface area contributed by atoms with E-state index in [1.807, 2.05) is 36.4 Å². The maximum Gasteiger partial charge on any atom is 0.150 e. The van der Waals surface area contributed by atoms with Crippen LogP contribution in [0.3, 0.4) is 0 Å². The standard InChI is InChI=1S/C25H26O2/c1-24(2,3)21-13-11-19(12-14-21)23-20(15-16-25(4,5)26)17-22(27-23)18-9-7-6-8-10-18/h6-14,17,26H,1-5H3. The zero-order chi connectivity index (χ0) is 19.7. The Balaban J connectivity index is 2.09. The van der Waals surface area contributed by atoms with E-state index in [0.717, 1.165) is 28.2 Å². The smallest absolute Gasteiger partial charge is 0.150 e. The first kappa shape index (κ1) is 19.0. The molecule has 0 aliphatic carbocycles. The number of aliphatic hydroxyl groups is 1. The lowest BCUT2D eigenvalue weighted by Crippen LogP contribution is -2.14. The highest BCUT2D eigenvalue weighted by atomic mass is 16.3. The Bertz CT molecular complexity index is 967. The predicted molar refractivity (Wildman–Crippen MR) is 111 cm³/mol. The molecule has 0 bridgehead atoms. The van der Waals surface area contributed by atoms with Gasteiger partial charge in [-0.05, 0) is 24.8 Å². The van der Waals surface area contributed by atoms with E-state index in [2.05, 4.69) is 56.9 Å². The Hall–Kier alpha value is -2.76. The van der Waals surface area contributed by atoms with E-state index < -0.39 is 5.60 Å². The van der Waals surface area contributed by atoms with Crippen LogP contribution in [-0.4, -0.2) is 10.7 Å². The van der Waals surface area contributed by atoms with Gasteiger partial charge in [0.1, 0.15) is 17.1 Å². The number of benzene rings is 2. The SMILES string of the molecule is CC(C)(O)C#Cc1cc(-c2ccccc2)oc1-c1ccc(C(C)(C)C)cc1. The lowest BCUT2D eigenvalue weighted by Gasteiger charge is -2.18. The van der Waals surface area contributed by atoms with Gasteiger partial charge in [0, 0.05) is 17.2 Å². The van der Waals surface area contributed by atoms with Crippen molar-refractivity contribution in [3.63, 3.8) is 0 Å². The molecule has 27 heavy (non-hydrogen) atoms. The van der Waals surface area contributed by atoms with Crippen molar-refractivity contribution in [2.24, 2.45) is 0 Å². The van der Waals surface area contributed by atoms with E-state index in [0.29, 0.717) is 0 Å². The van der Waals surface area contributed by atoms with Crippen molar-refractivity contribution in [3.05, 3.63) is 71.8 Å². The lowest BCUT2D eigenvalue weighted by atomic mass is 9.86. The lowest BCUT2D eigenvalue weighted by molar-refractivity contribution is 0.143. The molecule has 1 N–H and O–H groups in total. The summed E-state index contributed by atoms with van der Waals surface area (Å²) in [6.07, 6.45) is 0. The quantitative estimate of drug-likeness (QED) is 0.567. The van der Waals surface area contributed by atoms with Crippen LogP contribution in [-0.2, 0) is 5.41 Å². The molecule has 0 aliphatic rings. The Morgan fingerprint density at radius 1 is 0.815 bits per heavy atom. The third-order valence-electron chi connectivity index (χ3n) is 4.31. The van der Waals surface area contributed by atoms with Crippen LogP contribution in [0.4, 0.5) is 0 Å². The molecular formula is C25H26O2. The van der Waals surface area contributed by atoms with Gasteiger partial charge in [-0.25, -0.2) is 0 Å². The summed E-state index contributed by atoms with van der Waals surface area (Å²) in [7, 11) is 0. The van der Waals surface area contributed by atoms with Gasteiger partial charge in [0.15, 0.2) is 0 Å². The van der Waals surface area contributed by atoms with E-state index in [1.54, 1.807) is 13.8 Å². The van der Waals surface area contributed by atoms with Crippen LogP contribution in [0.1, 0.15) is 45.7 Å². The van der Waals surface area contributed by atoms with Gasteiger partial charge in [-0.15, -0.1) is 0 Å². The van der Waals surface area contributed by atoms with Gasteiger partial charge in [-0.3, -0.25) is 0 Å². The van der Waals surface area contributed by atoms with E-state index >= 15 is 0 Å². The molecular weight excluding hydrogens is 332 g/mol. The van der Waals surface area contributed by atoms with E-state index in [-0.39, 0.29) is 5.41 Å². The van der Waals surface area contributed by atoms with Crippen molar-refractivity contribution in [2.75, 3.05) is 0 Å². The summed E-state index contributed by atoms with van der Waals surface area (Å²) in [5, 5.41) is 9.99. The van der Waals surface area contributed by atoms with Crippen LogP contribution in [0.15, 0.2) is 65.1 Å². The highest BCUT2D eigenvalue weighted by molar-refractivity contribution is 5.72. The second-order valence-corrected chi connectivity index (χ2v) is 8.36. The molecule has 0 spiro atoms. The van der Waals surface area contributed by atoms with Crippen molar-refractivity contribution in [1.82, 2.24) is 0 Å². The zero-order valence-corrected chi connectivity index (χ0v) is 16.6. The maximum atomic E-state index is 9.99. The van der Waals surface area contributed by atoms with Gasteiger partial charge in [-0.2, -0.15) is 0 Å². The van der Waals surface area contributed by atoms with E-state index in [1.165, 1.54) is 5.56 Å². The molecule has 138 valence electrons. The molecule has 1 aromatic heterocycles. The summed E-state index contributed by atoms with van der Waals surface area (Å²) in [4.78, 5) is 0. The number of furan rings is 1. The average Bonchev–Trinajstić information content (AvgIpc) is 3.04. The summed E-state index contributed by atoms with van der Waals surface area (Å²) in [5.74, 6) is 7.48. The first-order chi connectivity index (χ1) is 12.6. The van der Waals surface area contributed by atoms with Crippen LogP contribution >= 0.6 is 0 Å². The molecule has 2 heteroatoms. The molecule has 0 radical (unpaired) electrons. The van der Waals surface area contributed by atoms with E-state index in [4.69, 9.17) is 4.42 Å². The fourth-order valence-electron chi connectivity index (χ4n) is 2.78. The maximum absolute atomic E-state index is 9.99. The zero-order valence-electron chi connectivity index (χ0n) is 16.6. The van der Waals surface area contributed by atoms with Gasteiger partial charge < -0.3 is 9.52 Å². The fourth-order valence-corrected chi connectivity index (χ4v) is 2.78. The van der Waals surface area contributed by atoms with Crippen LogP contribution in [0, 0.1) is 11.8 Å². The molecule has 0 amide bonds. The van der Waals surface area contributed by atoms with Crippen LogP contribution < -0.4 is 0 Å². The van der Waals surface area contributed by atoms with Gasteiger partial charge in [0.2, 0.25) is 0 Å². The summed E-state index contributed by atoms with van der Waals surface area (Å²) >= 11 is 0. The van der Waals surface area contributed by atoms with Gasteiger partial charge in [0.05, 0.1) is 5.56 Å². The van der Waals surface area contributed by atoms with Gasteiger partial charge in [0.25, 0.3) is 0 Å². The second kappa shape index (κ2) is 7.10. The summed E-state index contributed by atoms with van der Waals surface area (Å²) < 4.78 is 6.19. The topological polar surface area (TPSA) is 33.4 Å². The fraction of sp³-hybridized carbons (Fsp3) is 0.280. The molecule has 3 rings (SSSR count). The summed E-state index contributed by atoms with van der Waals surface area (Å²) in [5.41, 5.74) is 3.06. The number of rotatable bonds is 2. The monoisotopic (exact) mass is 358 g/mol. The van der Waals surface area contributed by atoms with Crippen molar-refractivity contribution in [3.8, 4) is 34.5 Å². The van der Waals surface area contributed by atoms with Gasteiger partial charge in [-0.1, -0.05) is 87.2 Å². The molecule has 3 aromatic rings. The van der Waals surface area contributed by atoms with E-state index in [9.17, 15) is 5.11 Å². The minimum atomic E-state index is -1.06.